The van der Waals surface area contributed by atoms with Crippen molar-refractivity contribution in [2.45, 2.75) is 51.4 Å². The van der Waals surface area contributed by atoms with Crippen molar-refractivity contribution in [3.63, 3.8) is 0 Å². The summed E-state index contributed by atoms with van der Waals surface area (Å²) in [6.07, 6.45) is 3.74. The topological polar surface area (TPSA) is 150 Å². The van der Waals surface area contributed by atoms with E-state index in [1.54, 1.807) is 46.3 Å². The van der Waals surface area contributed by atoms with Crippen LogP contribution in [0.2, 0.25) is 5.02 Å². The SMILES string of the molecule is COc1ccc(CNc2nccc(-c3[nH]nc4nc(N5CCC(O)(CNC(=O)OC(C)(C)C)CC5)cnc34)c2Cl)cc1. The van der Waals surface area contributed by atoms with Crippen LogP contribution in [0.4, 0.5) is 16.4 Å². The van der Waals surface area contributed by atoms with E-state index < -0.39 is 17.3 Å². The number of methoxy groups -OCH3 is 1. The molecule has 1 fully saturated rings. The number of fused-ring (bicyclic) bond motifs is 1. The lowest BCUT2D eigenvalue weighted by Crippen LogP contribution is -2.51. The minimum absolute atomic E-state index is 0.118. The van der Waals surface area contributed by atoms with Gasteiger partial charge in [-0.3, -0.25) is 5.10 Å². The number of H-pyrrole nitrogens is 1. The molecule has 1 saturated heterocycles. The lowest BCUT2D eigenvalue weighted by Gasteiger charge is -2.38. The summed E-state index contributed by atoms with van der Waals surface area (Å²) < 4.78 is 10.5. The predicted molar refractivity (Wildman–Crippen MR) is 161 cm³/mol. The van der Waals surface area contributed by atoms with E-state index in [9.17, 15) is 9.90 Å². The number of aromatic nitrogens is 5. The van der Waals surface area contributed by atoms with Gasteiger partial charge in [-0.2, -0.15) is 5.10 Å². The standard InChI is InChI=1S/C29H35ClN8O4/c1-28(2,3)42-27(39)34-17-29(40)10-13-38(14-11-29)21-16-32-24-23(36-37-26(24)35-21)20-9-12-31-25(22(20)30)33-15-18-5-7-19(41-4)8-6-18/h5-9,12,16,40H,10-11,13-15,17H2,1-4H3,(H,31,33)(H,34,39)(H,35,36,37). The molecule has 4 N–H and O–H groups in total. The summed E-state index contributed by atoms with van der Waals surface area (Å²) >= 11 is 6.76. The summed E-state index contributed by atoms with van der Waals surface area (Å²) in [5.74, 6) is 1.99. The second-order valence-corrected chi connectivity index (χ2v) is 11.7. The number of nitrogens with zero attached hydrogens (tertiary/aromatic N) is 5. The number of hydrogen-bond donors (Lipinski definition) is 4. The number of carbonyl (C=O) groups is 1. The van der Waals surface area contributed by atoms with Crippen molar-refractivity contribution in [1.82, 2.24) is 30.5 Å². The largest absolute Gasteiger partial charge is 0.497 e. The highest BCUT2D eigenvalue weighted by molar-refractivity contribution is 6.35. The number of benzene rings is 1. The number of ether oxygens (including phenoxy) is 2. The van der Waals surface area contributed by atoms with Gasteiger partial charge < -0.3 is 30.1 Å². The lowest BCUT2D eigenvalue weighted by atomic mass is 9.91. The Bertz CT molecular complexity index is 1550. The van der Waals surface area contributed by atoms with Crippen molar-refractivity contribution in [3.05, 3.63) is 53.3 Å². The van der Waals surface area contributed by atoms with Crippen LogP contribution in [0, 0.1) is 0 Å². The number of hydrogen-bond acceptors (Lipinski definition) is 10. The third-order valence-corrected chi connectivity index (χ3v) is 7.39. The van der Waals surface area contributed by atoms with Crippen molar-refractivity contribution < 1.29 is 19.4 Å². The molecule has 1 aliphatic rings. The molecule has 0 atom stereocenters. The third kappa shape index (κ3) is 6.82. The van der Waals surface area contributed by atoms with Crippen LogP contribution in [0.15, 0.2) is 42.7 Å². The maximum atomic E-state index is 12.0. The Morgan fingerprint density at radius 2 is 1.90 bits per heavy atom. The van der Waals surface area contributed by atoms with Crippen LogP contribution in [0.5, 0.6) is 5.75 Å². The summed E-state index contributed by atoms with van der Waals surface area (Å²) in [4.78, 5) is 27.8. The summed E-state index contributed by atoms with van der Waals surface area (Å²) in [6, 6.07) is 9.56. The number of nitrogens with one attached hydrogen (secondary N) is 3. The Morgan fingerprint density at radius 3 is 2.60 bits per heavy atom. The fourth-order valence-corrected chi connectivity index (χ4v) is 4.97. The van der Waals surface area contributed by atoms with Crippen LogP contribution in [-0.2, 0) is 11.3 Å². The number of aromatic amines is 1. The molecule has 0 unspecified atom stereocenters. The Morgan fingerprint density at radius 1 is 1.17 bits per heavy atom. The van der Waals surface area contributed by atoms with Gasteiger partial charge in [0.2, 0.25) is 5.65 Å². The van der Waals surface area contributed by atoms with Gasteiger partial charge in [-0.1, -0.05) is 23.7 Å². The number of amides is 1. The number of alkyl carbamates (subject to hydrolysis) is 1. The second-order valence-electron chi connectivity index (χ2n) is 11.3. The minimum Gasteiger partial charge on any atom is -0.497 e. The third-order valence-electron chi connectivity index (χ3n) is 7.01. The van der Waals surface area contributed by atoms with Gasteiger partial charge in [-0.05, 0) is 57.4 Å². The van der Waals surface area contributed by atoms with Crippen LogP contribution in [0.25, 0.3) is 22.4 Å². The van der Waals surface area contributed by atoms with Crippen LogP contribution in [0.3, 0.4) is 0 Å². The van der Waals surface area contributed by atoms with Gasteiger partial charge in [-0.15, -0.1) is 0 Å². The molecular weight excluding hydrogens is 560 g/mol. The molecule has 5 rings (SSSR count). The highest BCUT2D eigenvalue weighted by Gasteiger charge is 2.34. The number of rotatable bonds is 8. The van der Waals surface area contributed by atoms with E-state index in [1.807, 2.05) is 29.2 Å². The molecule has 3 aromatic heterocycles. The fraction of sp³-hybridized carbons (Fsp3) is 0.414. The molecule has 4 heterocycles. The second kappa shape index (κ2) is 12.0. The van der Waals surface area contributed by atoms with E-state index in [1.165, 1.54) is 0 Å². The molecule has 1 aliphatic heterocycles. The van der Waals surface area contributed by atoms with Gasteiger partial charge in [0.1, 0.15) is 28.5 Å². The first-order valence-corrected chi connectivity index (χ1v) is 14.1. The van der Waals surface area contributed by atoms with E-state index in [4.69, 9.17) is 26.1 Å². The van der Waals surface area contributed by atoms with Crippen LogP contribution in [0.1, 0.15) is 39.2 Å². The Balaban J connectivity index is 1.24. The molecule has 0 bridgehead atoms. The molecule has 0 spiro atoms. The number of pyridine rings is 1. The molecular formula is C29H35ClN8O4. The Labute approximate surface area is 248 Å². The molecule has 0 radical (unpaired) electrons. The molecule has 13 heteroatoms. The van der Waals surface area contributed by atoms with Crippen molar-refractivity contribution in [1.29, 1.82) is 0 Å². The molecule has 42 heavy (non-hydrogen) atoms. The number of aliphatic hydroxyl groups is 1. The predicted octanol–water partition coefficient (Wildman–Crippen LogP) is 4.55. The van der Waals surface area contributed by atoms with E-state index in [0.29, 0.717) is 71.6 Å². The first kappa shape index (κ1) is 29.3. The quantitative estimate of drug-likeness (QED) is 0.229. The van der Waals surface area contributed by atoms with Crippen molar-refractivity contribution in [2.24, 2.45) is 0 Å². The molecule has 222 valence electrons. The Kier molecular flexibility index (Phi) is 8.37. The zero-order valence-electron chi connectivity index (χ0n) is 24.1. The number of piperidine rings is 1. The molecule has 1 amide bonds. The minimum atomic E-state index is -1.03. The van der Waals surface area contributed by atoms with E-state index in [-0.39, 0.29) is 6.54 Å². The molecule has 0 saturated carbocycles. The maximum Gasteiger partial charge on any atom is 0.407 e. The van der Waals surface area contributed by atoms with Gasteiger partial charge in [0.25, 0.3) is 0 Å². The molecule has 4 aromatic rings. The zero-order valence-corrected chi connectivity index (χ0v) is 24.8. The van der Waals surface area contributed by atoms with Gasteiger partial charge >= 0.3 is 6.09 Å². The van der Waals surface area contributed by atoms with Gasteiger partial charge in [-0.25, -0.2) is 19.7 Å². The fourth-order valence-electron chi connectivity index (χ4n) is 4.70. The highest BCUT2D eigenvalue weighted by Crippen LogP contribution is 2.35. The molecule has 1 aromatic carbocycles. The average molecular weight is 595 g/mol. The van der Waals surface area contributed by atoms with Crippen LogP contribution in [-0.4, -0.2) is 74.3 Å². The van der Waals surface area contributed by atoms with E-state index in [0.717, 1.165) is 11.3 Å². The smallest absolute Gasteiger partial charge is 0.407 e. The van der Waals surface area contributed by atoms with Crippen molar-refractivity contribution >= 4 is 40.5 Å². The first-order chi connectivity index (χ1) is 20.0. The molecule has 12 nitrogen and oxygen atoms in total. The number of halogens is 1. The van der Waals surface area contributed by atoms with E-state index >= 15 is 0 Å². The van der Waals surface area contributed by atoms with Gasteiger partial charge in [0.15, 0.2) is 0 Å². The summed E-state index contributed by atoms with van der Waals surface area (Å²) in [7, 11) is 1.64. The highest BCUT2D eigenvalue weighted by atomic mass is 35.5. The Hall–Kier alpha value is -4.16. The number of carbonyl (C=O) groups excluding carboxylic acids is 1. The summed E-state index contributed by atoms with van der Waals surface area (Å²) in [5, 5.41) is 24.8. The lowest BCUT2D eigenvalue weighted by molar-refractivity contribution is 0.00791. The first-order valence-electron chi connectivity index (χ1n) is 13.7. The normalized spacial score (nSPS) is 15.0. The van der Waals surface area contributed by atoms with Gasteiger partial charge in [0, 0.05) is 37.9 Å². The average Bonchev–Trinajstić information content (AvgIpc) is 3.38. The monoisotopic (exact) mass is 594 g/mol. The van der Waals surface area contributed by atoms with Crippen molar-refractivity contribution in [2.75, 3.05) is 37.0 Å². The van der Waals surface area contributed by atoms with Crippen molar-refractivity contribution in [3.8, 4) is 17.0 Å². The van der Waals surface area contributed by atoms with Crippen LogP contribution >= 0.6 is 11.6 Å². The van der Waals surface area contributed by atoms with E-state index in [2.05, 4.69) is 30.8 Å². The summed E-state index contributed by atoms with van der Waals surface area (Å²) in [5.41, 5.74) is 1.82. The summed E-state index contributed by atoms with van der Waals surface area (Å²) in [6.45, 7) is 7.14. The molecule has 0 aliphatic carbocycles. The van der Waals surface area contributed by atoms with Gasteiger partial charge in [0.05, 0.1) is 29.6 Å². The van der Waals surface area contributed by atoms with Crippen LogP contribution < -0.4 is 20.3 Å². The maximum absolute atomic E-state index is 12.0. The zero-order chi connectivity index (χ0) is 29.9. The number of anilines is 2.